The summed E-state index contributed by atoms with van der Waals surface area (Å²) in [7, 11) is 1.75. The Balaban J connectivity index is 1.69. The standard InChI is InChI=1S/C32H32Cl3F2N5O3/c1-32(2,3)30(45)38-16-17-5-7-21(33)28(27(17)35)42(19-6-8-23(37)22(34)13-19)31-39-24-14-20(29(43)44)25(15-26(24)40(31)4)41-11-9-18(36)10-12-41/h5-8,13-15,18H,9-12,16H2,1-4H3,(H,38,45)(H,43,44). The van der Waals surface area contributed by atoms with E-state index in [0.29, 0.717) is 59.6 Å². The van der Waals surface area contributed by atoms with Gasteiger partial charge in [0.15, 0.2) is 0 Å². The molecule has 2 heterocycles. The molecule has 3 aromatic carbocycles. The molecule has 4 aromatic rings. The number of piperidine rings is 1. The van der Waals surface area contributed by atoms with Gasteiger partial charge in [0.25, 0.3) is 0 Å². The lowest BCUT2D eigenvalue weighted by molar-refractivity contribution is -0.128. The molecule has 0 unspecified atom stereocenters. The van der Waals surface area contributed by atoms with Crippen molar-refractivity contribution in [1.82, 2.24) is 14.9 Å². The maximum atomic E-state index is 14.3. The fourth-order valence-electron chi connectivity index (χ4n) is 5.27. The number of halogens is 5. The van der Waals surface area contributed by atoms with Crippen molar-refractivity contribution in [2.24, 2.45) is 12.5 Å². The first-order chi connectivity index (χ1) is 21.2. The zero-order valence-corrected chi connectivity index (χ0v) is 27.4. The van der Waals surface area contributed by atoms with Gasteiger partial charge in [-0.25, -0.2) is 18.6 Å². The molecule has 5 rings (SSSR count). The third kappa shape index (κ3) is 6.55. The van der Waals surface area contributed by atoms with Crippen LogP contribution in [-0.2, 0) is 18.4 Å². The molecule has 2 N–H and O–H groups in total. The summed E-state index contributed by atoms with van der Waals surface area (Å²) < 4.78 is 30.0. The number of hydrogen-bond donors (Lipinski definition) is 2. The SMILES string of the molecule is Cn1c(N(c2ccc(F)c(Cl)c2)c2c(Cl)ccc(CNC(=O)C(C)(C)C)c2Cl)nc2cc(C(=O)O)c(N3CCC(F)CC3)cc21. The lowest BCUT2D eigenvalue weighted by Crippen LogP contribution is -2.35. The third-order valence-corrected chi connectivity index (χ3v) is 8.84. The van der Waals surface area contributed by atoms with Gasteiger partial charge in [-0.3, -0.25) is 9.69 Å². The molecule has 1 aromatic heterocycles. The zero-order valence-electron chi connectivity index (χ0n) is 25.1. The number of fused-ring (bicyclic) bond motifs is 1. The van der Waals surface area contributed by atoms with Crippen molar-refractivity contribution in [3.8, 4) is 0 Å². The number of carbonyl (C=O) groups is 2. The van der Waals surface area contributed by atoms with E-state index in [1.165, 1.54) is 24.3 Å². The number of alkyl halides is 1. The smallest absolute Gasteiger partial charge is 0.337 e. The van der Waals surface area contributed by atoms with Crippen LogP contribution in [-0.4, -0.2) is 45.8 Å². The van der Waals surface area contributed by atoms with Crippen molar-refractivity contribution < 1.29 is 23.5 Å². The van der Waals surface area contributed by atoms with E-state index in [1.807, 2.05) is 4.90 Å². The summed E-state index contributed by atoms with van der Waals surface area (Å²) in [5.41, 5.74) is 2.07. The highest BCUT2D eigenvalue weighted by molar-refractivity contribution is 6.40. The summed E-state index contributed by atoms with van der Waals surface area (Å²) in [5, 5.41) is 13.3. The summed E-state index contributed by atoms with van der Waals surface area (Å²) >= 11 is 20.0. The largest absolute Gasteiger partial charge is 0.478 e. The predicted molar refractivity (Wildman–Crippen MR) is 175 cm³/mol. The molecular weight excluding hydrogens is 647 g/mol. The molecule has 1 saturated heterocycles. The van der Waals surface area contributed by atoms with Gasteiger partial charge in [-0.1, -0.05) is 61.6 Å². The van der Waals surface area contributed by atoms with Gasteiger partial charge >= 0.3 is 5.97 Å². The maximum Gasteiger partial charge on any atom is 0.337 e. The molecule has 1 amide bonds. The first kappa shape index (κ1) is 32.8. The molecule has 0 bridgehead atoms. The average Bonchev–Trinajstić information content (AvgIpc) is 3.30. The molecule has 1 aliphatic rings. The van der Waals surface area contributed by atoms with Crippen LogP contribution in [0.2, 0.25) is 15.1 Å². The number of carboxylic acids is 1. The van der Waals surface area contributed by atoms with Crippen LogP contribution in [0.25, 0.3) is 11.0 Å². The number of anilines is 4. The summed E-state index contributed by atoms with van der Waals surface area (Å²) in [6.45, 7) is 6.26. The van der Waals surface area contributed by atoms with Crippen LogP contribution in [0.5, 0.6) is 0 Å². The molecule has 0 atom stereocenters. The number of benzene rings is 3. The molecule has 1 aliphatic heterocycles. The number of aromatic nitrogens is 2. The molecule has 0 radical (unpaired) electrons. The Morgan fingerprint density at radius 2 is 1.76 bits per heavy atom. The van der Waals surface area contributed by atoms with Crippen molar-refractivity contribution in [3.05, 3.63) is 74.5 Å². The molecular formula is C32H32Cl3F2N5O3. The molecule has 1 fully saturated rings. The average molecular weight is 679 g/mol. The topological polar surface area (TPSA) is 90.7 Å². The van der Waals surface area contributed by atoms with Crippen LogP contribution < -0.4 is 15.1 Å². The second kappa shape index (κ2) is 12.7. The van der Waals surface area contributed by atoms with Crippen molar-refractivity contribution in [2.75, 3.05) is 22.9 Å². The number of carbonyl (C=O) groups excluding carboxylic acids is 1. The summed E-state index contributed by atoms with van der Waals surface area (Å²) in [5.74, 6) is -1.66. The molecule has 13 heteroatoms. The summed E-state index contributed by atoms with van der Waals surface area (Å²) in [6.07, 6.45) is -0.322. The van der Waals surface area contributed by atoms with E-state index in [9.17, 15) is 23.5 Å². The van der Waals surface area contributed by atoms with Gasteiger partial charge in [-0.15, -0.1) is 0 Å². The minimum absolute atomic E-state index is 0.0356. The number of hydrogen-bond acceptors (Lipinski definition) is 5. The van der Waals surface area contributed by atoms with E-state index in [4.69, 9.17) is 39.8 Å². The molecule has 8 nitrogen and oxygen atoms in total. The number of nitrogens with one attached hydrogen (secondary N) is 1. The predicted octanol–water partition coefficient (Wildman–Crippen LogP) is 8.44. The second-order valence-electron chi connectivity index (χ2n) is 12.0. The number of rotatable bonds is 7. The van der Waals surface area contributed by atoms with E-state index in [1.54, 1.807) is 55.5 Å². The number of carboxylic acid groups (broad SMARTS) is 1. The van der Waals surface area contributed by atoms with Crippen LogP contribution in [0, 0.1) is 11.2 Å². The minimum Gasteiger partial charge on any atom is -0.478 e. The number of aryl methyl sites for hydroxylation is 1. The lowest BCUT2D eigenvalue weighted by atomic mass is 9.95. The monoisotopic (exact) mass is 677 g/mol. The van der Waals surface area contributed by atoms with Gasteiger partial charge in [-0.05, 0) is 54.8 Å². The second-order valence-corrected chi connectivity index (χ2v) is 13.2. The van der Waals surface area contributed by atoms with E-state index < -0.39 is 23.4 Å². The van der Waals surface area contributed by atoms with E-state index in [0.717, 1.165) is 0 Å². The number of aromatic carboxylic acids is 1. The normalized spacial score (nSPS) is 14.2. The Kier molecular flexibility index (Phi) is 9.22. The minimum atomic E-state index is -1.14. The Morgan fingerprint density at radius 1 is 1.07 bits per heavy atom. The van der Waals surface area contributed by atoms with Gasteiger partial charge < -0.3 is 19.9 Å². The highest BCUT2D eigenvalue weighted by atomic mass is 35.5. The van der Waals surface area contributed by atoms with Crippen molar-refractivity contribution in [2.45, 2.75) is 46.3 Å². The quantitative estimate of drug-likeness (QED) is 0.204. The van der Waals surface area contributed by atoms with Gasteiger partial charge in [0.05, 0.1) is 48.7 Å². The van der Waals surface area contributed by atoms with Gasteiger partial charge in [0.1, 0.15) is 12.0 Å². The highest BCUT2D eigenvalue weighted by Gasteiger charge is 2.29. The Morgan fingerprint density at radius 3 is 2.38 bits per heavy atom. The number of nitrogens with zero attached hydrogens (tertiary/aromatic N) is 4. The first-order valence-corrected chi connectivity index (χ1v) is 15.4. The lowest BCUT2D eigenvalue weighted by Gasteiger charge is -2.31. The molecule has 0 aliphatic carbocycles. The van der Waals surface area contributed by atoms with Gasteiger partial charge in [0, 0.05) is 32.1 Å². The summed E-state index contributed by atoms with van der Waals surface area (Å²) in [4.78, 5) is 33.2. The highest BCUT2D eigenvalue weighted by Crippen LogP contribution is 2.46. The first-order valence-electron chi connectivity index (χ1n) is 14.3. The Bertz CT molecular complexity index is 1800. The van der Waals surface area contributed by atoms with Crippen molar-refractivity contribution in [1.29, 1.82) is 0 Å². The van der Waals surface area contributed by atoms with Crippen LogP contribution in [0.15, 0.2) is 42.5 Å². The molecule has 45 heavy (non-hydrogen) atoms. The molecule has 238 valence electrons. The van der Waals surface area contributed by atoms with Crippen molar-refractivity contribution in [3.63, 3.8) is 0 Å². The van der Waals surface area contributed by atoms with Crippen LogP contribution in [0.4, 0.5) is 31.8 Å². The van der Waals surface area contributed by atoms with Crippen LogP contribution in [0.1, 0.15) is 49.5 Å². The maximum absolute atomic E-state index is 14.3. The molecule has 0 saturated carbocycles. The third-order valence-electron chi connectivity index (χ3n) is 7.82. The van der Waals surface area contributed by atoms with Crippen LogP contribution in [0.3, 0.4) is 0 Å². The van der Waals surface area contributed by atoms with E-state index in [2.05, 4.69) is 5.32 Å². The fourth-order valence-corrected chi connectivity index (χ4v) is 6.05. The van der Waals surface area contributed by atoms with E-state index >= 15 is 0 Å². The van der Waals surface area contributed by atoms with Gasteiger partial charge in [-0.2, -0.15) is 0 Å². The van der Waals surface area contributed by atoms with Crippen molar-refractivity contribution >= 4 is 80.7 Å². The number of amides is 1. The fraction of sp³-hybridized carbons (Fsp3) is 0.344. The van der Waals surface area contributed by atoms with E-state index in [-0.39, 0.29) is 39.0 Å². The summed E-state index contributed by atoms with van der Waals surface area (Å²) in [6, 6.07) is 10.7. The Labute approximate surface area is 274 Å². The van der Waals surface area contributed by atoms with Crippen LogP contribution >= 0.6 is 34.8 Å². The zero-order chi connectivity index (χ0) is 32.8. The molecule has 0 spiro atoms. The van der Waals surface area contributed by atoms with Gasteiger partial charge in [0.2, 0.25) is 11.9 Å². The number of imidazole rings is 1. The Hall–Kier alpha value is -3.60.